The molecule has 4 heterocycles. The van der Waals surface area contributed by atoms with Crippen LogP contribution in [0.15, 0.2) is 30.9 Å². The Hall–Kier alpha value is -3.40. The lowest BCUT2D eigenvalue weighted by Gasteiger charge is -2.06. The molecule has 10 heteroatoms. The number of anilines is 1. The van der Waals surface area contributed by atoms with Crippen molar-refractivity contribution in [2.24, 2.45) is 0 Å². The van der Waals surface area contributed by atoms with Gasteiger partial charge in [0.15, 0.2) is 17.5 Å². The molecule has 0 unspecified atom stereocenters. The zero-order valence-electron chi connectivity index (χ0n) is 14.3. The predicted molar refractivity (Wildman–Crippen MR) is 94.5 cm³/mol. The number of nitrogens with two attached hydrogens (primary N) is 1. The Balaban J connectivity index is 1.81. The van der Waals surface area contributed by atoms with Gasteiger partial charge in [-0.25, -0.2) is 23.7 Å². The van der Waals surface area contributed by atoms with Crippen molar-refractivity contribution in [3.05, 3.63) is 42.5 Å². The smallest absolute Gasteiger partial charge is 0.191 e. The van der Waals surface area contributed by atoms with Crippen molar-refractivity contribution < 1.29 is 13.5 Å². The first kappa shape index (κ1) is 17.0. The van der Waals surface area contributed by atoms with E-state index in [1.165, 1.54) is 12.3 Å². The Morgan fingerprint density at radius 2 is 2.11 bits per heavy atom. The van der Waals surface area contributed by atoms with Crippen LogP contribution in [0.2, 0.25) is 0 Å². The van der Waals surface area contributed by atoms with Gasteiger partial charge in [-0.05, 0) is 6.07 Å². The fourth-order valence-electron chi connectivity index (χ4n) is 2.73. The average molecular weight is 371 g/mol. The summed E-state index contributed by atoms with van der Waals surface area (Å²) in [4.78, 5) is 15.2. The van der Waals surface area contributed by atoms with E-state index >= 15 is 0 Å². The van der Waals surface area contributed by atoms with Gasteiger partial charge in [0.25, 0.3) is 0 Å². The summed E-state index contributed by atoms with van der Waals surface area (Å²) < 4.78 is 34.7. The quantitative estimate of drug-likeness (QED) is 0.558. The van der Waals surface area contributed by atoms with Crippen molar-refractivity contribution >= 4 is 16.9 Å². The molecule has 0 fully saturated rings. The third kappa shape index (κ3) is 3.10. The second-order valence-corrected chi connectivity index (χ2v) is 5.83. The van der Waals surface area contributed by atoms with Gasteiger partial charge in [-0.2, -0.15) is 5.10 Å². The molecule has 8 nitrogen and oxygen atoms in total. The molecule has 4 rings (SSSR count). The molecule has 3 N–H and O–H groups in total. The van der Waals surface area contributed by atoms with Crippen LogP contribution in [0.5, 0.6) is 0 Å². The maximum absolute atomic E-state index is 14.6. The third-order valence-corrected chi connectivity index (χ3v) is 4.05. The molecule has 0 saturated heterocycles. The van der Waals surface area contributed by atoms with Crippen molar-refractivity contribution in [3.63, 3.8) is 0 Å². The molecule has 138 valence electrons. The van der Waals surface area contributed by atoms with Crippen molar-refractivity contribution in [1.82, 2.24) is 29.7 Å². The number of hydrogen-bond acceptors (Lipinski definition) is 6. The summed E-state index contributed by atoms with van der Waals surface area (Å²) in [5.41, 5.74) is 7.15. The monoisotopic (exact) mass is 371 g/mol. The standard InChI is InChI=1S/C17H15F2N7O/c1-27-3-2-26-8-9(5-23-26)14-13(19)15(20)25-17(24-14)12-7-22-16-11(12)4-10(18)6-21-16/h4-8H,2-3H2,1H3,(H,21,22)(H2,20,24,25). The van der Waals surface area contributed by atoms with Crippen LogP contribution in [-0.4, -0.2) is 43.4 Å². The van der Waals surface area contributed by atoms with Crippen molar-refractivity contribution in [2.75, 3.05) is 19.5 Å². The predicted octanol–water partition coefficient (Wildman–Crippen LogP) is 2.39. The lowest BCUT2D eigenvalue weighted by molar-refractivity contribution is 0.183. The Kier molecular flexibility index (Phi) is 4.24. The highest BCUT2D eigenvalue weighted by Crippen LogP contribution is 2.30. The molecular formula is C17H15F2N7O. The van der Waals surface area contributed by atoms with Crippen LogP contribution in [-0.2, 0) is 11.3 Å². The summed E-state index contributed by atoms with van der Waals surface area (Å²) in [6.45, 7) is 0.980. The van der Waals surface area contributed by atoms with Gasteiger partial charge < -0.3 is 15.5 Å². The highest BCUT2D eigenvalue weighted by Gasteiger charge is 2.19. The van der Waals surface area contributed by atoms with Gasteiger partial charge in [-0.1, -0.05) is 0 Å². The molecule has 0 aliphatic heterocycles. The van der Waals surface area contributed by atoms with Crippen LogP contribution in [0.1, 0.15) is 0 Å². The number of methoxy groups -OCH3 is 1. The van der Waals surface area contributed by atoms with Crippen molar-refractivity contribution in [3.8, 4) is 22.6 Å². The highest BCUT2D eigenvalue weighted by atomic mass is 19.1. The van der Waals surface area contributed by atoms with Crippen molar-refractivity contribution in [2.45, 2.75) is 6.54 Å². The minimum atomic E-state index is -0.741. The van der Waals surface area contributed by atoms with Crippen molar-refractivity contribution in [1.29, 1.82) is 0 Å². The van der Waals surface area contributed by atoms with E-state index in [1.54, 1.807) is 24.2 Å². The number of aromatic nitrogens is 6. The molecule has 4 aromatic rings. The van der Waals surface area contributed by atoms with Gasteiger partial charge in [0.1, 0.15) is 17.2 Å². The Morgan fingerprint density at radius 1 is 1.26 bits per heavy atom. The fourth-order valence-corrected chi connectivity index (χ4v) is 2.73. The van der Waals surface area contributed by atoms with E-state index in [-0.39, 0.29) is 17.3 Å². The number of nitrogens with zero attached hydrogens (tertiary/aromatic N) is 5. The van der Waals surface area contributed by atoms with Gasteiger partial charge in [0, 0.05) is 36.0 Å². The van der Waals surface area contributed by atoms with E-state index in [1.807, 2.05) is 0 Å². The number of halogens is 2. The highest BCUT2D eigenvalue weighted by molar-refractivity contribution is 5.92. The first-order valence-corrected chi connectivity index (χ1v) is 8.04. The Morgan fingerprint density at radius 3 is 2.93 bits per heavy atom. The number of hydrogen-bond donors (Lipinski definition) is 2. The lowest BCUT2D eigenvalue weighted by Crippen LogP contribution is -2.04. The number of ether oxygens (including phenoxy) is 1. The molecule has 27 heavy (non-hydrogen) atoms. The maximum atomic E-state index is 14.6. The molecule has 0 aliphatic rings. The number of H-pyrrole nitrogens is 1. The minimum absolute atomic E-state index is 0.0138. The molecular weight excluding hydrogens is 356 g/mol. The molecule has 0 amide bonds. The molecule has 0 bridgehead atoms. The van der Waals surface area contributed by atoms with E-state index in [2.05, 4.69) is 25.0 Å². The van der Waals surface area contributed by atoms with Gasteiger partial charge >= 0.3 is 0 Å². The van der Waals surface area contributed by atoms with Crippen LogP contribution in [0.4, 0.5) is 14.6 Å². The number of aromatic amines is 1. The fraction of sp³-hybridized carbons (Fsp3) is 0.176. The number of rotatable bonds is 5. The summed E-state index contributed by atoms with van der Waals surface area (Å²) in [6.07, 6.45) is 5.81. The second kappa shape index (κ2) is 6.72. The largest absolute Gasteiger partial charge is 0.383 e. The number of nitrogen functional groups attached to an aromatic ring is 1. The van der Waals surface area contributed by atoms with E-state index < -0.39 is 11.6 Å². The molecule has 0 spiro atoms. The SMILES string of the molecule is COCCn1cc(-c2nc(-c3c[nH]c4ncc(F)cc34)nc(N)c2F)cn1. The first-order valence-electron chi connectivity index (χ1n) is 8.04. The number of pyridine rings is 1. The van der Waals surface area contributed by atoms with Crippen LogP contribution < -0.4 is 5.73 Å². The summed E-state index contributed by atoms with van der Waals surface area (Å²) in [5, 5.41) is 4.63. The lowest BCUT2D eigenvalue weighted by atomic mass is 10.2. The Bertz CT molecular complexity index is 1120. The molecule has 0 atom stereocenters. The number of fused-ring (bicyclic) bond motifs is 1. The second-order valence-electron chi connectivity index (χ2n) is 5.83. The number of nitrogens with one attached hydrogen (secondary N) is 1. The summed E-state index contributed by atoms with van der Waals surface area (Å²) >= 11 is 0. The minimum Gasteiger partial charge on any atom is -0.383 e. The van der Waals surface area contributed by atoms with E-state index in [9.17, 15) is 8.78 Å². The Labute approximate surface area is 152 Å². The van der Waals surface area contributed by atoms with E-state index in [0.29, 0.717) is 35.3 Å². The maximum Gasteiger partial charge on any atom is 0.191 e. The average Bonchev–Trinajstić information content (AvgIpc) is 3.29. The zero-order chi connectivity index (χ0) is 19.0. The van der Waals surface area contributed by atoms with E-state index in [0.717, 1.165) is 6.20 Å². The summed E-state index contributed by atoms with van der Waals surface area (Å²) in [5.74, 6) is -1.39. The molecule has 0 aliphatic carbocycles. The van der Waals surface area contributed by atoms with Gasteiger partial charge in [0.2, 0.25) is 0 Å². The molecule has 4 aromatic heterocycles. The summed E-state index contributed by atoms with van der Waals surface area (Å²) in [7, 11) is 1.58. The van der Waals surface area contributed by atoms with Gasteiger partial charge in [-0.3, -0.25) is 4.68 Å². The van der Waals surface area contributed by atoms with E-state index in [4.69, 9.17) is 10.5 Å². The van der Waals surface area contributed by atoms with Gasteiger partial charge in [0.05, 0.1) is 25.5 Å². The normalized spacial score (nSPS) is 11.4. The topological polar surface area (TPSA) is 108 Å². The van der Waals surface area contributed by atoms with Crippen LogP contribution in [0.3, 0.4) is 0 Å². The van der Waals surface area contributed by atoms with Gasteiger partial charge in [-0.15, -0.1) is 0 Å². The van der Waals surface area contributed by atoms with Crippen LogP contribution >= 0.6 is 0 Å². The first-order chi connectivity index (χ1) is 13.1. The molecule has 0 saturated carbocycles. The molecule has 0 radical (unpaired) electrons. The zero-order valence-corrected chi connectivity index (χ0v) is 14.3. The molecule has 0 aromatic carbocycles. The van der Waals surface area contributed by atoms with Crippen LogP contribution in [0.25, 0.3) is 33.7 Å². The third-order valence-electron chi connectivity index (χ3n) is 4.05. The summed E-state index contributed by atoms with van der Waals surface area (Å²) in [6, 6.07) is 1.31. The van der Waals surface area contributed by atoms with Crippen LogP contribution in [0, 0.1) is 11.6 Å².